The van der Waals surface area contributed by atoms with Crippen molar-refractivity contribution in [1.29, 1.82) is 0 Å². The van der Waals surface area contributed by atoms with Gasteiger partial charge in [0.2, 0.25) is 0 Å². The van der Waals surface area contributed by atoms with Crippen LogP contribution in [0.4, 0.5) is 0 Å². The fourth-order valence-corrected chi connectivity index (χ4v) is 6.15. The molecule has 0 N–H and O–H groups in total. The van der Waals surface area contributed by atoms with Crippen molar-refractivity contribution in [2.45, 2.75) is 38.1 Å². The summed E-state index contributed by atoms with van der Waals surface area (Å²) in [6.45, 7) is -0.351. The van der Waals surface area contributed by atoms with Crippen LogP contribution in [0.15, 0.2) is 5.38 Å². The number of sulfone groups is 1. The van der Waals surface area contributed by atoms with E-state index in [2.05, 4.69) is 0 Å². The third-order valence-electron chi connectivity index (χ3n) is 4.76. The molecule has 1 aliphatic carbocycles. The number of thiophene rings is 1. The summed E-state index contributed by atoms with van der Waals surface area (Å²) in [6, 6.07) is -0.324. The smallest absolute Gasteiger partial charge is 0.339 e. The third-order valence-corrected chi connectivity index (χ3v) is 7.60. The van der Waals surface area contributed by atoms with Gasteiger partial charge in [-0.1, -0.05) is 0 Å². The van der Waals surface area contributed by atoms with E-state index in [9.17, 15) is 18.0 Å². The van der Waals surface area contributed by atoms with Gasteiger partial charge in [0, 0.05) is 23.3 Å². The Kier molecular flexibility index (Phi) is 4.96. The maximum Gasteiger partial charge on any atom is 0.339 e. The molecule has 0 saturated carbocycles. The Morgan fingerprint density at radius 2 is 2.08 bits per heavy atom. The summed E-state index contributed by atoms with van der Waals surface area (Å²) >= 11 is 1.58. The highest BCUT2D eigenvalue weighted by molar-refractivity contribution is 7.91. The molecule has 1 saturated heterocycles. The third kappa shape index (κ3) is 3.64. The van der Waals surface area contributed by atoms with Gasteiger partial charge in [0.1, 0.15) is 0 Å². The zero-order chi connectivity index (χ0) is 17.3. The highest BCUT2D eigenvalue weighted by Gasteiger charge is 2.33. The Labute approximate surface area is 145 Å². The van der Waals surface area contributed by atoms with Crippen LogP contribution < -0.4 is 0 Å². The Bertz CT molecular complexity index is 753. The normalized spacial score (nSPS) is 22.0. The number of ether oxygens (including phenoxy) is 1. The van der Waals surface area contributed by atoms with Crippen molar-refractivity contribution >= 4 is 33.1 Å². The van der Waals surface area contributed by atoms with E-state index >= 15 is 0 Å². The number of amides is 1. The molecule has 0 bridgehead atoms. The summed E-state index contributed by atoms with van der Waals surface area (Å²) in [6.07, 6.45) is 4.55. The minimum atomic E-state index is -3.05. The van der Waals surface area contributed by atoms with Gasteiger partial charge in [-0.2, -0.15) is 0 Å². The fourth-order valence-electron chi connectivity index (χ4n) is 3.26. The Balaban J connectivity index is 1.56. The summed E-state index contributed by atoms with van der Waals surface area (Å²) < 4.78 is 28.2. The van der Waals surface area contributed by atoms with E-state index < -0.39 is 15.8 Å². The zero-order valence-electron chi connectivity index (χ0n) is 13.6. The molecular weight excluding hydrogens is 350 g/mol. The first-order valence-electron chi connectivity index (χ1n) is 8.10. The monoisotopic (exact) mass is 371 g/mol. The number of hydrogen-bond donors (Lipinski definition) is 0. The van der Waals surface area contributed by atoms with Crippen LogP contribution in [-0.4, -0.2) is 56.4 Å². The molecule has 1 atom stereocenters. The number of carbonyl (C=O) groups excluding carboxylic acids is 2. The molecule has 1 aliphatic heterocycles. The molecule has 2 heterocycles. The number of carbonyl (C=O) groups is 2. The first-order chi connectivity index (χ1) is 11.4. The van der Waals surface area contributed by atoms with E-state index in [0.29, 0.717) is 12.0 Å². The van der Waals surface area contributed by atoms with Crippen molar-refractivity contribution < 1.29 is 22.7 Å². The van der Waals surface area contributed by atoms with Crippen molar-refractivity contribution in [3.63, 3.8) is 0 Å². The number of rotatable bonds is 4. The maximum absolute atomic E-state index is 12.2. The zero-order valence-corrected chi connectivity index (χ0v) is 15.2. The molecule has 8 heteroatoms. The van der Waals surface area contributed by atoms with E-state index in [0.717, 1.165) is 31.2 Å². The lowest BCUT2D eigenvalue weighted by Crippen LogP contribution is -2.40. The van der Waals surface area contributed by atoms with Gasteiger partial charge in [0.15, 0.2) is 16.4 Å². The second-order valence-electron chi connectivity index (χ2n) is 6.40. The summed E-state index contributed by atoms with van der Waals surface area (Å²) in [5.74, 6) is -0.734. The first kappa shape index (κ1) is 17.4. The van der Waals surface area contributed by atoms with E-state index in [-0.39, 0.29) is 30.1 Å². The van der Waals surface area contributed by atoms with Gasteiger partial charge in [0.05, 0.1) is 17.1 Å². The average molecular weight is 371 g/mol. The standard InChI is InChI=1S/C16H21NO5S2/c1-17(11-6-7-24(20,21)10-11)15(18)8-22-16(19)13-9-23-14-5-3-2-4-12(13)14/h9,11H,2-8,10H2,1H3/t11-/m0/s1. The predicted molar refractivity (Wildman–Crippen MR) is 91.1 cm³/mol. The van der Waals surface area contributed by atoms with Crippen molar-refractivity contribution in [3.8, 4) is 0 Å². The van der Waals surface area contributed by atoms with Gasteiger partial charge < -0.3 is 9.64 Å². The number of aryl methyl sites for hydroxylation is 1. The average Bonchev–Trinajstić information content (AvgIpc) is 3.14. The molecule has 24 heavy (non-hydrogen) atoms. The second kappa shape index (κ2) is 6.84. The minimum absolute atomic E-state index is 0.0127. The highest BCUT2D eigenvalue weighted by atomic mass is 32.2. The molecule has 6 nitrogen and oxygen atoms in total. The molecule has 1 aromatic heterocycles. The Hall–Kier alpha value is -1.41. The lowest BCUT2D eigenvalue weighted by molar-refractivity contribution is -0.134. The van der Waals surface area contributed by atoms with Crippen LogP contribution in [0.2, 0.25) is 0 Å². The van der Waals surface area contributed by atoms with Gasteiger partial charge in [-0.25, -0.2) is 13.2 Å². The molecule has 2 aliphatic rings. The van der Waals surface area contributed by atoms with Crippen LogP contribution in [-0.2, 0) is 32.2 Å². The summed E-state index contributed by atoms with van der Waals surface area (Å²) in [7, 11) is -1.49. The summed E-state index contributed by atoms with van der Waals surface area (Å²) in [5.41, 5.74) is 1.65. The van der Waals surface area contributed by atoms with E-state index in [1.807, 2.05) is 5.38 Å². The molecule has 132 valence electrons. The lowest BCUT2D eigenvalue weighted by atomic mass is 9.96. The maximum atomic E-state index is 12.2. The van der Waals surface area contributed by atoms with Crippen LogP contribution in [0.1, 0.15) is 40.1 Å². The van der Waals surface area contributed by atoms with Gasteiger partial charge in [-0.3, -0.25) is 4.79 Å². The van der Waals surface area contributed by atoms with E-state index in [1.165, 1.54) is 9.78 Å². The number of hydrogen-bond acceptors (Lipinski definition) is 6. The van der Waals surface area contributed by atoms with Crippen molar-refractivity contribution in [1.82, 2.24) is 4.90 Å². The lowest BCUT2D eigenvalue weighted by Gasteiger charge is -2.23. The predicted octanol–water partition coefficient (Wildman–Crippen LogP) is 1.43. The van der Waals surface area contributed by atoms with Crippen molar-refractivity contribution in [2.24, 2.45) is 0 Å². The van der Waals surface area contributed by atoms with Crippen LogP contribution in [0, 0.1) is 0 Å². The second-order valence-corrected chi connectivity index (χ2v) is 9.59. The molecule has 1 amide bonds. The van der Waals surface area contributed by atoms with Gasteiger partial charge >= 0.3 is 5.97 Å². The first-order valence-corrected chi connectivity index (χ1v) is 10.8. The SMILES string of the molecule is CN(C(=O)COC(=O)c1csc2c1CCCC2)[C@H]1CCS(=O)(=O)C1. The molecular formula is C16H21NO5S2. The molecule has 3 rings (SSSR count). The van der Waals surface area contributed by atoms with Crippen LogP contribution in [0.3, 0.4) is 0 Å². The number of nitrogens with zero attached hydrogens (tertiary/aromatic N) is 1. The summed E-state index contributed by atoms with van der Waals surface area (Å²) in [4.78, 5) is 27.0. The Morgan fingerprint density at radius 3 is 2.79 bits per heavy atom. The molecule has 1 fully saturated rings. The summed E-state index contributed by atoms with van der Waals surface area (Å²) in [5, 5.41) is 1.82. The van der Waals surface area contributed by atoms with Gasteiger partial charge in [-0.15, -0.1) is 11.3 Å². The van der Waals surface area contributed by atoms with Crippen molar-refractivity contribution in [2.75, 3.05) is 25.2 Å². The van der Waals surface area contributed by atoms with Crippen molar-refractivity contribution in [3.05, 3.63) is 21.4 Å². The van der Waals surface area contributed by atoms with Gasteiger partial charge in [-0.05, 0) is 37.7 Å². The number of esters is 1. The molecule has 0 unspecified atom stereocenters. The van der Waals surface area contributed by atoms with Crippen LogP contribution in [0.5, 0.6) is 0 Å². The minimum Gasteiger partial charge on any atom is -0.452 e. The largest absolute Gasteiger partial charge is 0.452 e. The number of fused-ring (bicyclic) bond motifs is 1. The topological polar surface area (TPSA) is 80.8 Å². The van der Waals surface area contributed by atoms with Gasteiger partial charge in [0.25, 0.3) is 5.91 Å². The number of likely N-dealkylation sites (N-methyl/N-ethyl adjacent to an activating group) is 1. The quantitative estimate of drug-likeness (QED) is 0.748. The van der Waals surface area contributed by atoms with Crippen LogP contribution >= 0.6 is 11.3 Å². The molecule has 0 radical (unpaired) electrons. The molecule has 0 spiro atoms. The Morgan fingerprint density at radius 1 is 1.33 bits per heavy atom. The highest BCUT2D eigenvalue weighted by Crippen LogP contribution is 2.30. The molecule has 0 aromatic carbocycles. The van der Waals surface area contributed by atoms with E-state index in [4.69, 9.17) is 4.74 Å². The fraction of sp³-hybridized carbons (Fsp3) is 0.625. The van der Waals surface area contributed by atoms with Crippen LogP contribution in [0.25, 0.3) is 0 Å². The van der Waals surface area contributed by atoms with E-state index in [1.54, 1.807) is 18.4 Å². The molecule has 1 aromatic rings.